The van der Waals surface area contributed by atoms with Crippen LogP contribution in [0.5, 0.6) is 0 Å². The summed E-state index contributed by atoms with van der Waals surface area (Å²) in [7, 11) is 1.39. The van der Waals surface area contributed by atoms with Crippen molar-refractivity contribution in [3.63, 3.8) is 0 Å². The van der Waals surface area contributed by atoms with E-state index in [9.17, 15) is 4.79 Å². The van der Waals surface area contributed by atoms with Gasteiger partial charge in [-0.15, -0.1) is 22.1 Å². The number of hydrogen-bond donors (Lipinski definition) is 0. The molecule has 8 nitrogen and oxygen atoms in total. The molecule has 0 fully saturated rings. The Labute approximate surface area is 445 Å². The molecular weight excluding hydrogens is 962 g/mol. The molecule has 0 saturated heterocycles. The van der Waals surface area contributed by atoms with Crippen molar-refractivity contribution in [2.24, 2.45) is 0 Å². The molecule has 74 heavy (non-hydrogen) atoms. The SMILES string of the molecule is COC(=O)c1ccc(-c2c3nc(c(N(c4ccc(C)cc4)c4ccc(C)cc4)c4ccc([n-]4)c(-c4c(C)cc(C)cc4C)c4nc(c(N(c5ccc(C)cc5)c5ccc(C)cc5)c5ccc2[n-]5)C=C4)C=C3)cc1.[Zn+2]. The van der Waals surface area contributed by atoms with Crippen LogP contribution in [0.2, 0.25) is 0 Å². The van der Waals surface area contributed by atoms with Crippen LogP contribution in [0.3, 0.4) is 0 Å². The molecule has 0 atom stereocenters. The summed E-state index contributed by atoms with van der Waals surface area (Å²) >= 11 is 0. The first kappa shape index (κ1) is 49.2. The summed E-state index contributed by atoms with van der Waals surface area (Å²) in [5, 5.41) is 0. The monoisotopic (exact) mass is 1010 g/mol. The number of rotatable bonds is 9. The molecule has 2 aliphatic heterocycles. The van der Waals surface area contributed by atoms with Crippen molar-refractivity contribution in [1.82, 2.24) is 19.9 Å². The van der Waals surface area contributed by atoms with E-state index in [0.29, 0.717) is 16.8 Å². The van der Waals surface area contributed by atoms with Gasteiger partial charge in [-0.3, -0.25) is 0 Å². The van der Waals surface area contributed by atoms with Crippen LogP contribution in [-0.4, -0.2) is 23.0 Å². The average molecular weight is 1020 g/mol. The van der Waals surface area contributed by atoms with Crippen LogP contribution in [0.25, 0.3) is 68.6 Å². The number of anilines is 6. The number of carbonyl (C=O) groups excluding carboxylic acids is 1. The van der Waals surface area contributed by atoms with Crippen molar-refractivity contribution in [3.05, 3.63) is 225 Å². The molecule has 9 aromatic rings. The van der Waals surface area contributed by atoms with E-state index >= 15 is 0 Å². The van der Waals surface area contributed by atoms with E-state index in [-0.39, 0.29) is 19.5 Å². The zero-order valence-corrected chi connectivity index (χ0v) is 46.0. The Kier molecular flexibility index (Phi) is 13.5. The third kappa shape index (κ3) is 9.32. The van der Waals surface area contributed by atoms with E-state index in [2.05, 4.69) is 216 Å². The fourth-order valence-corrected chi connectivity index (χ4v) is 10.1. The number of esters is 1. The zero-order valence-electron chi connectivity index (χ0n) is 43.0. The van der Waals surface area contributed by atoms with E-state index in [1.54, 1.807) is 12.1 Å². The van der Waals surface area contributed by atoms with Gasteiger partial charge in [0, 0.05) is 22.7 Å². The van der Waals surface area contributed by atoms with Crippen molar-refractivity contribution in [3.8, 4) is 22.3 Å². The third-order valence-electron chi connectivity index (χ3n) is 13.7. The van der Waals surface area contributed by atoms with Gasteiger partial charge >= 0.3 is 25.4 Å². The van der Waals surface area contributed by atoms with Gasteiger partial charge in [0.05, 0.1) is 46.8 Å². The molecule has 6 aromatic carbocycles. The number of hydrogen-bond acceptors (Lipinski definition) is 6. The van der Waals surface area contributed by atoms with Gasteiger partial charge in [0.1, 0.15) is 0 Å². The largest absolute Gasteiger partial charge is 2.00 e. The van der Waals surface area contributed by atoms with Gasteiger partial charge in [0.15, 0.2) is 0 Å². The maximum Gasteiger partial charge on any atom is 2.00 e. The van der Waals surface area contributed by atoms with Crippen molar-refractivity contribution in [1.29, 1.82) is 0 Å². The van der Waals surface area contributed by atoms with Crippen molar-refractivity contribution >= 4 is 86.5 Å². The minimum atomic E-state index is -0.411. The number of benzene rings is 6. The van der Waals surface area contributed by atoms with Crippen LogP contribution in [0.1, 0.15) is 72.1 Å². The molecule has 3 aromatic heterocycles. The first-order valence-electron chi connectivity index (χ1n) is 24.6. The van der Waals surface area contributed by atoms with Crippen LogP contribution in [-0.2, 0) is 24.2 Å². The second-order valence-corrected chi connectivity index (χ2v) is 19.2. The Morgan fingerprint density at radius 1 is 0.405 bits per heavy atom. The van der Waals surface area contributed by atoms with Crippen molar-refractivity contribution < 1.29 is 29.0 Å². The Balaban J connectivity index is 0.00000626. The van der Waals surface area contributed by atoms with Crippen LogP contribution < -0.4 is 19.8 Å². The van der Waals surface area contributed by atoms with Crippen LogP contribution in [0.15, 0.2) is 158 Å². The van der Waals surface area contributed by atoms with Gasteiger partial charge in [0.25, 0.3) is 0 Å². The van der Waals surface area contributed by atoms with Gasteiger partial charge in [-0.25, -0.2) is 14.8 Å². The molecule has 0 amide bonds. The van der Waals surface area contributed by atoms with E-state index in [1.165, 1.54) is 12.7 Å². The summed E-state index contributed by atoms with van der Waals surface area (Å²) in [6.07, 6.45) is 8.39. The van der Waals surface area contributed by atoms with E-state index < -0.39 is 5.97 Å². The summed E-state index contributed by atoms with van der Waals surface area (Å²) in [6, 6.07) is 54.7. The van der Waals surface area contributed by atoms with E-state index in [4.69, 9.17) is 24.7 Å². The number of carbonyl (C=O) groups is 1. The van der Waals surface area contributed by atoms with Gasteiger partial charge in [0.2, 0.25) is 0 Å². The van der Waals surface area contributed by atoms with Gasteiger partial charge < -0.3 is 24.5 Å². The van der Waals surface area contributed by atoms with Crippen molar-refractivity contribution in [2.45, 2.75) is 48.5 Å². The number of methoxy groups -OCH3 is 1. The smallest absolute Gasteiger partial charge is 0.656 e. The Hall–Kier alpha value is -8.39. The third-order valence-corrected chi connectivity index (χ3v) is 13.7. The molecule has 11 rings (SSSR count). The number of fused-ring (bicyclic) bond motifs is 8. The molecule has 0 saturated carbocycles. The minimum Gasteiger partial charge on any atom is -0.656 e. The Bertz CT molecular complexity index is 3640. The first-order chi connectivity index (χ1) is 35.4. The molecule has 5 heterocycles. The summed E-state index contributed by atoms with van der Waals surface area (Å²) < 4.78 is 5.11. The number of aryl methyl sites for hydroxylation is 7. The molecule has 9 heteroatoms. The molecule has 0 spiro atoms. The Morgan fingerprint density at radius 2 is 0.757 bits per heavy atom. The fraction of sp³-hybridized carbons (Fsp3) is 0.123. The molecule has 2 aliphatic rings. The van der Waals surface area contributed by atoms with Crippen LogP contribution in [0, 0.1) is 48.5 Å². The number of ether oxygens (including phenoxy) is 1. The number of nitrogens with zero attached hydrogens (tertiary/aromatic N) is 6. The second kappa shape index (κ2) is 20.3. The topological polar surface area (TPSA) is 86.8 Å². The molecule has 0 aliphatic carbocycles. The molecule has 0 unspecified atom stereocenters. The maximum absolute atomic E-state index is 12.8. The molecule has 0 radical (unpaired) electrons. The average Bonchev–Trinajstić information content (AvgIpc) is 4.25. The molecule has 8 bridgehead atoms. The standard InChI is InChI=1S/C65H55N6O2.Zn/c1-39-9-21-48(22-10-39)70(49-23-11-40(2)12-24-49)63-56-33-29-52(66-56)61(46-17-19-47(20-18-46)65(72)73-8)53-30-34-57(67-53)64(71(50-25-13-41(3)14-26-50)51-27-15-42(4)16-28-51)59-36-32-55(69-59)62(54-31-35-58(63)68-54)60-44(6)37-43(5)38-45(60)7;/h9-38H,1-8H3,(H-,66,67,68,69,72);/q-1;+2/p-1. The summed E-state index contributed by atoms with van der Waals surface area (Å²) in [6.45, 7) is 14.9. The van der Waals surface area contributed by atoms with Gasteiger partial charge in [-0.1, -0.05) is 125 Å². The van der Waals surface area contributed by atoms with Crippen LogP contribution >= 0.6 is 0 Å². The zero-order chi connectivity index (χ0) is 50.5. The maximum atomic E-state index is 12.8. The molecule has 0 N–H and O–H groups in total. The Morgan fingerprint density at radius 3 is 1.15 bits per heavy atom. The first-order valence-corrected chi connectivity index (χ1v) is 24.6. The second-order valence-electron chi connectivity index (χ2n) is 19.2. The van der Waals surface area contributed by atoms with E-state index in [0.717, 1.165) is 123 Å². The summed E-state index contributed by atoms with van der Waals surface area (Å²) in [5.41, 5.74) is 23.6. The predicted octanol–water partition coefficient (Wildman–Crippen LogP) is 16.1. The quantitative estimate of drug-likeness (QED) is 0.104. The van der Waals surface area contributed by atoms with Gasteiger partial charge in [-0.05, 0) is 167 Å². The summed E-state index contributed by atoms with van der Waals surface area (Å²) in [5.74, 6) is -0.411. The van der Waals surface area contributed by atoms with Gasteiger partial charge in [-0.2, -0.15) is 0 Å². The summed E-state index contributed by atoms with van der Waals surface area (Å²) in [4.78, 5) is 39.8. The van der Waals surface area contributed by atoms with Crippen molar-refractivity contribution in [2.75, 3.05) is 16.9 Å². The van der Waals surface area contributed by atoms with Crippen LogP contribution in [0.4, 0.5) is 34.1 Å². The number of aromatic nitrogens is 4. The normalized spacial score (nSPS) is 11.6. The predicted molar refractivity (Wildman–Crippen MR) is 302 cm³/mol. The van der Waals surface area contributed by atoms with E-state index in [1.807, 2.05) is 12.1 Å². The fourth-order valence-electron chi connectivity index (χ4n) is 10.1. The molecule has 358 valence electrons. The minimum absolute atomic E-state index is 0. The molecular formula is C65H54N6O2Zn.